The monoisotopic (exact) mass is 530 g/mol. The van der Waals surface area contributed by atoms with Gasteiger partial charge in [0, 0.05) is 12.6 Å². The van der Waals surface area contributed by atoms with Crippen LogP contribution in [-0.2, 0) is 21.5 Å². The Hall–Kier alpha value is -2.34. The minimum atomic E-state index is -0.571. The van der Waals surface area contributed by atoms with E-state index in [4.69, 9.17) is 4.74 Å². The van der Waals surface area contributed by atoms with E-state index in [-0.39, 0.29) is 29.9 Å². The molecule has 0 unspecified atom stereocenters. The number of nitrogens with zero attached hydrogens (tertiary/aromatic N) is 1. The Morgan fingerprint density at radius 3 is 2.24 bits per heavy atom. The molecule has 34 heavy (non-hydrogen) atoms. The van der Waals surface area contributed by atoms with Crippen LogP contribution in [0.2, 0.25) is 0 Å². The second-order valence-corrected chi connectivity index (χ2v) is 10.8. The molecular formula is C28H39BrN2O3. The number of benzene rings is 2. The summed E-state index contributed by atoms with van der Waals surface area (Å²) >= 11 is 3.57. The number of amides is 2. The van der Waals surface area contributed by atoms with Gasteiger partial charge in [-0.1, -0.05) is 70.5 Å². The first-order chi connectivity index (χ1) is 16.0. The summed E-state index contributed by atoms with van der Waals surface area (Å²) in [4.78, 5) is 28.1. The summed E-state index contributed by atoms with van der Waals surface area (Å²) in [5.74, 6) is 0.250. The molecule has 0 fully saturated rings. The van der Waals surface area contributed by atoms with E-state index in [1.54, 1.807) is 4.90 Å². The molecule has 0 radical (unpaired) electrons. The third-order valence-electron chi connectivity index (χ3n) is 6.01. The molecule has 2 aromatic carbocycles. The van der Waals surface area contributed by atoms with Gasteiger partial charge in [0.1, 0.15) is 11.8 Å². The summed E-state index contributed by atoms with van der Waals surface area (Å²) in [6.45, 7) is 14.6. The third-order valence-corrected chi connectivity index (χ3v) is 6.63. The Kier molecular flexibility index (Phi) is 10.2. The number of halogens is 1. The van der Waals surface area contributed by atoms with Crippen LogP contribution >= 0.6 is 15.9 Å². The Bertz CT molecular complexity index is 967. The average Bonchev–Trinajstić information content (AvgIpc) is 2.78. The van der Waals surface area contributed by atoms with E-state index in [2.05, 4.69) is 42.0 Å². The van der Waals surface area contributed by atoms with E-state index in [0.717, 1.165) is 22.0 Å². The van der Waals surface area contributed by atoms with E-state index in [0.29, 0.717) is 18.7 Å². The molecule has 0 aliphatic carbocycles. The second-order valence-electron chi connectivity index (χ2n) is 9.93. The van der Waals surface area contributed by atoms with E-state index < -0.39 is 6.04 Å². The first-order valence-electron chi connectivity index (χ1n) is 12.0. The summed E-state index contributed by atoms with van der Waals surface area (Å²) in [5.41, 5.74) is 3.31. The number of hydrogen-bond donors (Lipinski definition) is 1. The van der Waals surface area contributed by atoms with Gasteiger partial charge in [0.15, 0.2) is 6.61 Å². The van der Waals surface area contributed by atoms with Crippen molar-refractivity contribution in [3.8, 4) is 5.75 Å². The number of nitrogens with one attached hydrogen (secondary N) is 1. The second kappa shape index (κ2) is 12.4. The molecule has 2 rings (SSSR count). The topological polar surface area (TPSA) is 58.6 Å². The molecule has 6 heteroatoms. The molecule has 0 aliphatic rings. The maximum absolute atomic E-state index is 13.4. The highest BCUT2D eigenvalue weighted by Crippen LogP contribution is 2.31. The first-order valence-corrected chi connectivity index (χ1v) is 12.8. The van der Waals surface area contributed by atoms with Crippen molar-refractivity contribution in [2.45, 2.75) is 85.4 Å². The summed E-state index contributed by atoms with van der Waals surface area (Å²) in [6.07, 6.45) is 1.35. The molecule has 0 saturated carbocycles. The fourth-order valence-electron chi connectivity index (χ4n) is 3.56. The fraction of sp³-hybridized carbons (Fsp3) is 0.500. The molecule has 0 aliphatic heterocycles. The van der Waals surface area contributed by atoms with Gasteiger partial charge < -0.3 is 15.0 Å². The quantitative estimate of drug-likeness (QED) is 0.400. The SMILES string of the molecule is CC[C@H](C)NC(=O)[C@H](CC)N(Cc1ccc(C)cc1)C(=O)COc1ccc(C(C)(C)C)cc1Br. The highest BCUT2D eigenvalue weighted by Gasteiger charge is 2.29. The molecule has 2 atom stereocenters. The van der Waals surface area contributed by atoms with Crippen LogP contribution in [0.15, 0.2) is 46.9 Å². The van der Waals surface area contributed by atoms with E-state index in [1.807, 2.05) is 70.2 Å². The Balaban J connectivity index is 2.24. The minimum absolute atomic E-state index is 0.0129. The van der Waals surface area contributed by atoms with Crippen molar-refractivity contribution in [3.63, 3.8) is 0 Å². The highest BCUT2D eigenvalue weighted by atomic mass is 79.9. The lowest BCUT2D eigenvalue weighted by molar-refractivity contribution is -0.143. The molecule has 0 saturated heterocycles. The van der Waals surface area contributed by atoms with Gasteiger partial charge in [-0.25, -0.2) is 0 Å². The van der Waals surface area contributed by atoms with Gasteiger partial charge in [0.2, 0.25) is 5.91 Å². The molecule has 0 bridgehead atoms. The normalized spacial score (nSPS) is 13.2. The lowest BCUT2D eigenvalue weighted by atomic mass is 9.87. The average molecular weight is 532 g/mol. The van der Waals surface area contributed by atoms with E-state index in [9.17, 15) is 9.59 Å². The molecule has 5 nitrogen and oxygen atoms in total. The van der Waals surface area contributed by atoms with Crippen LogP contribution in [-0.4, -0.2) is 35.4 Å². The summed E-state index contributed by atoms with van der Waals surface area (Å²) in [6, 6.07) is 13.4. The zero-order valence-corrected chi connectivity index (χ0v) is 23.2. The smallest absolute Gasteiger partial charge is 0.261 e. The first kappa shape index (κ1) is 27.9. The number of aryl methyl sites for hydroxylation is 1. The molecular weight excluding hydrogens is 492 g/mol. The third kappa shape index (κ3) is 7.86. The molecule has 186 valence electrons. The van der Waals surface area contributed by atoms with Gasteiger partial charge in [-0.05, 0) is 71.3 Å². The van der Waals surface area contributed by atoms with Crippen molar-refractivity contribution < 1.29 is 14.3 Å². The van der Waals surface area contributed by atoms with Gasteiger partial charge in [-0.2, -0.15) is 0 Å². The molecule has 0 heterocycles. The van der Waals surface area contributed by atoms with Crippen LogP contribution in [0, 0.1) is 6.92 Å². The lowest BCUT2D eigenvalue weighted by Gasteiger charge is -2.31. The number of ether oxygens (including phenoxy) is 1. The summed E-state index contributed by atoms with van der Waals surface area (Å²) in [5, 5.41) is 3.03. The number of carbonyl (C=O) groups excluding carboxylic acids is 2. The van der Waals surface area contributed by atoms with Crippen LogP contribution < -0.4 is 10.1 Å². The van der Waals surface area contributed by atoms with E-state index in [1.165, 1.54) is 5.56 Å². The maximum Gasteiger partial charge on any atom is 0.261 e. The summed E-state index contributed by atoms with van der Waals surface area (Å²) < 4.78 is 6.72. The van der Waals surface area contributed by atoms with Gasteiger partial charge in [-0.15, -0.1) is 0 Å². The number of hydrogen-bond acceptors (Lipinski definition) is 3. The summed E-state index contributed by atoms with van der Waals surface area (Å²) in [7, 11) is 0. The van der Waals surface area contributed by atoms with Crippen molar-refractivity contribution in [1.29, 1.82) is 0 Å². The van der Waals surface area contributed by atoms with Crippen molar-refractivity contribution in [2.24, 2.45) is 0 Å². The standard InChI is InChI=1S/C28H39BrN2O3/c1-8-20(4)30-27(33)24(9-2)31(17-21-12-10-19(3)11-13-21)26(32)18-34-25-15-14-22(16-23(25)29)28(5,6)7/h10-16,20,24H,8-9,17-18H2,1-7H3,(H,30,33)/t20-,24-/m0/s1. The minimum Gasteiger partial charge on any atom is -0.483 e. The largest absolute Gasteiger partial charge is 0.483 e. The molecule has 2 aromatic rings. The van der Waals surface area contributed by atoms with Crippen LogP contribution in [0.4, 0.5) is 0 Å². The van der Waals surface area contributed by atoms with Gasteiger partial charge >= 0.3 is 0 Å². The predicted octanol–water partition coefficient (Wildman–Crippen LogP) is 6.16. The molecule has 2 amide bonds. The highest BCUT2D eigenvalue weighted by molar-refractivity contribution is 9.10. The molecule has 1 N–H and O–H groups in total. The van der Waals surface area contributed by atoms with Gasteiger partial charge in [0.05, 0.1) is 4.47 Å². The van der Waals surface area contributed by atoms with Crippen molar-refractivity contribution in [2.75, 3.05) is 6.61 Å². The van der Waals surface area contributed by atoms with Crippen molar-refractivity contribution >= 4 is 27.7 Å². The van der Waals surface area contributed by atoms with Crippen LogP contribution in [0.25, 0.3) is 0 Å². The van der Waals surface area contributed by atoms with Gasteiger partial charge in [-0.3, -0.25) is 9.59 Å². The van der Waals surface area contributed by atoms with Crippen LogP contribution in [0.3, 0.4) is 0 Å². The Morgan fingerprint density at radius 2 is 1.71 bits per heavy atom. The van der Waals surface area contributed by atoms with E-state index >= 15 is 0 Å². The Labute approximate surface area is 213 Å². The lowest BCUT2D eigenvalue weighted by Crippen LogP contribution is -2.51. The maximum atomic E-state index is 13.4. The zero-order chi connectivity index (χ0) is 25.5. The number of carbonyl (C=O) groups is 2. The fourth-order valence-corrected chi connectivity index (χ4v) is 4.05. The molecule has 0 aromatic heterocycles. The van der Waals surface area contributed by atoms with Crippen LogP contribution in [0.1, 0.15) is 71.1 Å². The molecule has 0 spiro atoms. The predicted molar refractivity (Wildman–Crippen MR) is 142 cm³/mol. The van der Waals surface area contributed by atoms with Crippen LogP contribution in [0.5, 0.6) is 5.75 Å². The zero-order valence-electron chi connectivity index (χ0n) is 21.6. The van der Waals surface area contributed by atoms with Crippen molar-refractivity contribution in [1.82, 2.24) is 10.2 Å². The van der Waals surface area contributed by atoms with Crippen molar-refractivity contribution in [3.05, 3.63) is 63.6 Å². The number of rotatable bonds is 10. The van der Waals surface area contributed by atoms with Gasteiger partial charge in [0.25, 0.3) is 5.91 Å². The Morgan fingerprint density at radius 1 is 1.06 bits per heavy atom.